The number of rotatable bonds is 8. The monoisotopic (exact) mass is 472 g/mol. The molecule has 4 rings (SSSR count). The van der Waals surface area contributed by atoms with Crippen LogP contribution in [0.25, 0.3) is 0 Å². The average Bonchev–Trinajstić information content (AvgIpc) is 2.85. The second-order valence-electron chi connectivity index (χ2n) is 7.99. The summed E-state index contributed by atoms with van der Waals surface area (Å²) < 4.78 is 39.7. The van der Waals surface area contributed by atoms with Crippen molar-refractivity contribution in [3.05, 3.63) is 89.0 Å². The van der Waals surface area contributed by atoms with E-state index in [1.54, 1.807) is 25.3 Å². The van der Waals surface area contributed by atoms with Crippen molar-refractivity contribution in [1.82, 2.24) is 4.90 Å². The number of piperazine rings is 1. The van der Waals surface area contributed by atoms with Crippen LogP contribution in [0, 0.1) is 11.6 Å². The van der Waals surface area contributed by atoms with E-state index in [0.717, 1.165) is 44.2 Å². The van der Waals surface area contributed by atoms with Gasteiger partial charge in [-0.05, 0) is 30.3 Å². The zero-order valence-corrected chi connectivity index (χ0v) is 19.3. The van der Waals surface area contributed by atoms with Crippen LogP contribution >= 0.6 is 11.6 Å². The lowest BCUT2D eigenvalue weighted by Gasteiger charge is -2.37. The van der Waals surface area contributed by atoms with E-state index < -0.39 is 11.9 Å². The van der Waals surface area contributed by atoms with Gasteiger partial charge in [0.2, 0.25) is 0 Å². The van der Waals surface area contributed by atoms with Crippen molar-refractivity contribution in [2.45, 2.75) is 12.5 Å². The predicted molar refractivity (Wildman–Crippen MR) is 127 cm³/mol. The fourth-order valence-corrected chi connectivity index (χ4v) is 4.30. The van der Waals surface area contributed by atoms with Crippen molar-refractivity contribution in [2.24, 2.45) is 0 Å². The minimum absolute atomic E-state index is 0.0211. The third-order valence-electron chi connectivity index (χ3n) is 5.93. The number of methoxy groups -OCH3 is 1. The van der Waals surface area contributed by atoms with Crippen LogP contribution in [0.4, 0.5) is 14.5 Å². The molecule has 174 valence electrons. The Morgan fingerprint density at radius 3 is 2.36 bits per heavy atom. The van der Waals surface area contributed by atoms with E-state index in [1.807, 2.05) is 18.2 Å². The number of hydrogen-bond donors (Lipinski definition) is 0. The van der Waals surface area contributed by atoms with Gasteiger partial charge in [0.1, 0.15) is 29.2 Å². The van der Waals surface area contributed by atoms with E-state index in [9.17, 15) is 8.78 Å². The van der Waals surface area contributed by atoms with Crippen LogP contribution < -0.4 is 14.4 Å². The topological polar surface area (TPSA) is 24.9 Å². The van der Waals surface area contributed by atoms with Crippen molar-refractivity contribution >= 4 is 17.3 Å². The molecule has 0 amide bonds. The van der Waals surface area contributed by atoms with Gasteiger partial charge in [-0.25, -0.2) is 8.78 Å². The highest BCUT2D eigenvalue weighted by atomic mass is 35.5. The normalized spacial score (nSPS) is 15.3. The van der Waals surface area contributed by atoms with Gasteiger partial charge < -0.3 is 14.4 Å². The predicted octanol–water partition coefficient (Wildman–Crippen LogP) is 5.96. The zero-order chi connectivity index (χ0) is 23.2. The number of ether oxygens (including phenoxy) is 2. The molecular weight excluding hydrogens is 446 g/mol. The van der Waals surface area contributed by atoms with Crippen LogP contribution in [0.2, 0.25) is 5.02 Å². The molecule has 1 fully saturated rings. The van der Waals surface area contributed by atoms with Gasteiger partial charge in [0.25, 0.3) is 0 Å². The SMILES string of the molecule is COc1ccccc1N1CCN(CCC(Oc2ccc(F)c(Cl)c2)c2ccccc2F)CC1. The average molecular weight is 473 g/mol. The Morgan fingerprint density at radius 1 is 0.909 bits per heavy atom. The van der Waals surface area contributed by atoms with Gasteiger partial charge in [-0.2, -0.15) is 0 Å². The number of para-hydroxylation sites is 2. The second-order valence-corrected chi connectivity index (χ2v) is 8.40. The Kier molecular flexibility index (Phi) is 7.68. The Morgan fingerprint density at radius 2 is 1.64 bits per heavy atom. The molecule has 7 heteroatoms. The fraction of sp³-hybridized carbons (Fsp3) is 0.308. The lowest BCUT2D eigenvalue weighted by atomic mass is 10.0. The summed E-state index contributed by atoms with van der Waals surface area (Å²) in [7, 11) is 1.69. The van der Waals surface area contributed by atoms with E-state index in [1.165, 1.54) is 24.3 Å². The van der Waals surface area contributed by atoms with Gasteiger partial charge in [0, 0.05) is 50.8 Å². The summed E-state index contributed by atoms with van der Waals surface area (Å²) in [5, 5.41) is -0.0211. The molecule has 1 unspecified atom stereocenters. The van der Waals surface area contributed by atoms with Crippen molar-refractivity contribution in [3.8, 4) is 11.5 Å². The molecule has 1 saturated heterocycles. The first-order chi connectivity index (χ1) is 16.0. The van der Waals surface area contributed by atoms with Gasteiger partial charge in [-0.1, -0.05) is 41.9 Å². The molecule has 4 nitrogen and oxygen atoms in total. The third-order valence-corrected chi connectivity index (χ3v) is 6.22. The minimum atomic E-state index is -0.514. The quantitative estimate of drug-likeness (QED) is 0.404. The summed E-state index contributed by atoms with van der Waals surface area (Å²) in [6.45, 7) is 4.25. The maximum Gasteiger partial charge on any atom is 0.142 e. The summed E-state index contributed by atoms with van der Waals surface area (Å²) in [5.74, 6) is 0.448. The summed E-state index contributed by atoms with van der Waals surface area (Å²) >= 11 is 5.91. The summed E-state index contributed by atoms with van der Waals surface area (Å²) in [6, 6.07) is 18.8. The molecule has 1 heterocycles. The summed E-state index contributed by atoms with van der Waals surface area (Å²) in [6.07, 6.45) is 0.0740. The molecular formula is C26H27ClF2N2O2. The van der Waals surface area contributed by atoms with Crippen molar-refractivity contribution < 1.29 is 18.3 Å². The molecule has 0 aromatic heterocycles. The Balaban J connectivity index is 1.41. The second kappa shape index (κ2) is 10.9. The lowest BCUT2D eigenvalue weighted by Crippen LogP contribution is -2.47. The van der Waals surface area contributed by atoms with Gasteiger partial charge in [0.15, 0.2) is 0 Å². The van der Waals surface area contributed by atoms with Gasteiger partial charge in [-0.15, -0.1) is 0 Å². The molecule has 0 aliphatic carbocycles. The highest BCUT2D eigenvalue weighted by Crippen LogP contribution is 2.31. The maximum absolute atomic E-state index is 14.6. The van der Waals surface area contributed by atoms with Crippen molar-refractivity contribution in [3.63, 3.8) is 0 Å². The first-order valence-corrected chi connectivity index (χ1v) is 11.4. The lowest BCUT2D eigenvalue weighted by molar-refractivity contribution is 0.156. The van der Waals surface area contributed by atoms with Crippen molar-refractivity contribution in [1.29, 1.82) is 0 Å². The van der Waals surface area contributed by atoms with E-state index >= 15 is 0 Å². The molecule has 0 spiro atoms. The molecule has 0 radical (unpaired) electrons. The van der Waals surface area contributed by atoms with E-state index in [0.29, 0.717) is 17.7 Å². The van der Waals surface area contributed by atoms with E-state index in [4.69, 9.17) is 21.1 Å². The maximum atomic E-state index is 14.6. The molecule has 0 saturated carbocycles. The largest absolute Gasteiger partial charge is 0.495 e. The first-order valence-electron chi connectivity index (χ1n) is 11.0. The number of benzene rings is 3. The number of hydrogen-bond acceptors (Lipinski definition) is 4. The smallest absolute Gasteiger partial charge is 0.142 e. The molecule has 3 aromatic rings. The van der Waals surface area contributed by atoms with E-state index in [-0.39, 0.29) is 10.8 Å². The molecule has 1 aliphatic heterocycles. The van der Waals surface area contributed by atoms with Crippen LogP contribution in [-0.4, -0.2) is 44.7 Å². The van der Waals surface area contributed by atoms with E-state index in [2.05, 4.69) is 15.9 Å². The molecule has 0 N–H and O–H groups in total. The van der Waals surface area contributed by atoms with Crippen molar-refractivity contribution in [2.75, 3.05) is 44.7 Å². The zero-order valence-electron chi connectivity index (χ0n) is 18.5. The van der Waals surface area contributed by atoms with Crippen LogP contribution in [-0.2, 0) is 0 Å². The highest BCUT2D eigenvalue weighted by molar-refractivity contribution is 6.30. The molecule has 0 bridgehead atoms. The van der Waals surface area contributed by atoms with Crippen LogP contribution in [0.5, 0.6) is 11.5 Å². The van der Waals surface area contributed by atoms with Gasteiger partial charge in [0.05, 0.1) is 17.8 Å². The number of anilines is 1. The van der Waals surface area contributed by atoms with Crippen LogP contribution in [0.3, 0.4) is 0 Å². The fourth-order valence-electron chi connectivity index (χ4n) is 4.13. The highest BCUT2D eigenvalue weighted by Gasteiger charge is 2.23. The van der Waals surface area contributed by atoms with Crippen LogP contribution in [0.15, 0.2) is 66.7 Å². The Bertz CT molecular complexity index is 1070. The van der Waals surface area contributed by atoms with Gasteiger partial charge in [-0.3, -0.25) is 4.90 Å². The van der Waals surface area contributed by atoms with Gasteiger partial charge >= 0.3 is 0 Å². The Hall–Kier alpha value is -2.83. The minimum Gasteiger partial charge on any atom is -0.495 e. The first kappa shape index (κ1) is 23.3. The summed E-state index contributed by atoms with van der Waals surface area (Å²) in [4.78, 5) is 4.67. The molecule has 3 aromatic carbocycles. The molecule has 1 atom stereocenters. The Labute approximate surface area is 198 Å². The number of nitrogens with zero attached hydrogens (tertiary/aromatic N) is 2. The molecule has 33 heavy (non-hydrogen) atoms. The third kappa shape index (κ3) is 5.75. The summed E-state index contributed by atoms with van der Waals surface area (Å²) in [5.41, 5.74) is 1.58. The standard InChI is InChI=1S/C26H27ClF2N2O2/c1-32-26-9-5-4-8-24(26)31-16-14-30(15-17-31)13-12-25(20-6-2-3-7-22(20)28)33-19-10-11-23(29)21(27)18-19/h2-11,18,25H,12-17H2,1H3. The van der Waals surface area contributed by atoms with Crippen LogP contribution in [0.1, 0.15) is 18.1 Å². The molecule has 1 aliphatic rings. The number of halogens is 3.